The Morgan fingerprint density at radius 1 is 1.06 bits per heavy atom. The lowest BCUT2D eigenvalue weighted by Gasteiger charge is -2.23. The Hall–Kier alpha value is -2.86. The smallest absolute Gasteiger partial charge is 0.258 e. The lowest BCUT2D eigenvalue weighted by atomic mass is 9.93. The van der Waals surface area contributed by atoms with Crippen LogP contribution in [-0.2, 0) is 19.6 Å². The quantitative estimate of drug-likeness (QED) is 0.404. The normalized spacial score (nSPS) is 17.8. The van der Waals surface area contributed by atoms with Crippen LogP contribution in [0.25, 0.3) is 11.8 Å². The van der Waals surface area contributed by atoms with E-state index in [1.54, 1.807) is 10.6 Å². The van der Waals surface area contributed by atoms with E-state index in [-0.39, 0.29) is 5.56 Å². The van der Waals surface area contributed by atoms with E-state index in [0.29, 0.717) is 23.4 Å². The zero-order valence-corrected chi connectivity index (χ0v) is 21.9. The van der Waals surface area contributed by atoms with Crippen molar-refractivity contribution in [3.05, 3.63) is 98.4 Å². The topological polar surface area (TPSA) is 37.7 Å². The summed E-state index contributed by atoms with van der Waals surface area (Å²) in [6, 6.07) is 18.4. The third kappa shape index (κ3) is 5.75. The van der Waals surface area contributed by atoms with Crippen molar-refractivity contribution in [3.8, 4) is 5.75 Å². The first kappa shape index (κ1) is 24.8. The number of rotatable bonds is 8. The molecule has 2 aromatic carbocycles. The number of pyridine rings is 1. The fraction of sp³-hybridized carbons (Fsp3) is 0.367. The van der Waals surface area contributed by atoms with Crippen LogP contribution < -0.4 is 10.3 Å². The van der Waals surface area contributed by atoms with Crippen molar-refractivity contribution in [2.45, 2.75) is 45.4 Å². The van der Waals surface area contributed by atoms with Crippen molar-refractivity contribution in [3.63, 3.8) is 0 Å². The molecule has 0 radical (unpaired) electrons. The average molecular weight is 504 g/mol. The summed E-state index contributed by atoms with van der Waals surface area (Å²) in [4.78, 5) is 17.9. The molecule has 0 saturated carbocycles. The Balaban J connectivity index is 1.24. The molecule has 6 heteroatoms. The van der Waals surface area contributed by atoms with Crippen LogP contribution in [-0.4, -0.2) is 47.1 Å². The summed E-state index contributed by atoms with van der Waals surface area (Å²) in [5.41, 5.74) is 5.91. The molecule has 0 amide bonds. The van der Waals surface area contributed by atoms with Gasteiger partial charge in [0.2, 0.25) is 0 Å². The Kier molecular flexibility index (Phi) is 7.61. The Labute approximate surface area is 218 Å². The van der Waals surface area contributed by atoms with Crippen LogP contribution in [0.5, 0.6) is 5.75 Å². The molecule has 3 aromatic rings. The summed E-state index contributed by atoms with van der Waals surface area (Å²) in [7, 11) is 2.23. The molecule has 1 atom stereocenters. The SMILES string of the molecule is CCN(C)[C@@H]1CCN(Cc2ccc3c(c2)CCC(n2ccc(OCc4ccc(Cl)cc4)cc2=O)=C3)C1. The first-order valence-corrected chi connectivity index (χ1v) is 13.2. The van der Waals surface area contributed by atoms with Crippen molar-refractivity contribution in [2.75, 3.05) is 26.7 Å². The van der Waals surface area contributed by atoms with Gasteiger partial charge in [-0.1, -0.05) is 48.9 Å². The molecule has 0 unspecified atom stereocenters. The number of ether oxygens (including phenoxy) is 1. The highest BCUT2D eigenvalue weighted by molar-refractivity contribution is 6.30. The molecule has 5 nitrogen and oxygen atoms in total. The van der Waals surface area contributed by atoms with Crippen LogP contribution in [0.1, 0.15) is 42.0 Å². The second-order valence-electron chi connectivity index (χ2n) is 9.91. The van der Waals surface area contributed by atoms with Gasteiger partial charge in [-0.3, -0.25) is 14.3 Å². The second-order valence-corrected chi connectivity index (χ2v) is 10.3. The van der Waals surface area contributed by atoms with Gasteiger partial charge in [0.25, 0.3) is 5.56 Å². The monoisotopic (exact) mass is 503 g/mol. The van der Waals surface area contributed by atoms with Crippen molar-refractivity contribution >= 4 is 23.4 Å². The van der Waals surface area contributed by atoms with Crippen LogP contribution >= 0.6 is 11.6 Å². The molecule has 0 spiro atoms. The van der Waals surface area contributed by atoms with E-state index in [1.807, 2.05) is 36.5 Å². The molecule has 36 heavy (non-hydrogen) atoms. The molecule has 0 bridgehead atoms. The maximum Gasteiger partial charge on any atom is 0.258 e. The third-order valence-corrected chi connectivity index (χ3v) is 7.73. The molecular weight excluding hydrogens is 470 g/mol. The largest absolute Gasteiger partial charge is 0.489 e. The van der Waals surface area contributed by atoms with E-state index >= 15 is 0 Å². The number of halogens is 1. The lowest BCUT2D eigenvalue weighted by Crippen LogP contribution is -2.34. The van der Waals surface area contributed by atoms with E-state index in [2.05, 4.69) is 48.0 Å². The molecular formula is C30H34ClN3O2. The Bertz CT molecular complexity index is 1300. The van der Waals surface area contributed by atoms with E-state index < -0.39 is 0 Å². The minimum Gasteiger partial charge on any atom is -0.489 e. The van der Waals surface area contributed by atoms with Crippen molar-refractivity contribution in [2.24, 2.45) is 0 Å². The highest BCUT2D eigenvalue weighted by atomic mass is 35.5. The minimum absolute atomic E-state index is 0.0736. The average Bonchev–Trinajstić information content (AvgIpc) is 3.36. The van der Waals surface area contributed by atoms with Gasteiger partial charge in [-0.05, 0) is 79.4 Å². The van der Waals surface area contributed by atoms with Crippen molar-refractivity contribution in [1.29, 1.82) is 0 Å². The van der Waals surface area contributed by atoms with Gasteiger partial charge >= 0.3 is 0 Å². The van der Waals surface area contributed by atoms with Crippen molar-refractivity contribution in [1.82, 2.24) is 14.4 Å². The van der Waals surface area contributed by atoms with Gasteiger partial charge in [0.1, 0.15) is 12.4 Å². The van der Waals surface area contributed by atoms with Crippen LogP contribution in [0.3, 0.4) is 0 Å². The number of hydrogen-bond acceptors (Lipinski definition) is 4. The van der Waals surface area contributed by atoms with Gasteiger partial charge in [-0.25, -0.2) is 0 Å². The van der Waals surface area contributed by atoms with Gasteiger partial charge in [-0.15, -0.1) is 0 Å². The number of allylic oxidation sites excluding steroid dienone is 1. The summed E-state index contributed by atoms with van der Waals surface area (Å²) < 4.78 is 7.56. The predicted octanol–water partition coefficient (Wildman–Crippen LogP) is 5.55. The number of aryl methyl sites for hydroxylation is 1. The summed E-state index contributed by atoms with van der Waals surface area (Å²) >= 11 is 5.94. The summed E-state index contributed by atoms with van der Waals surface area (Å²) in [5, 5.41) is 0.695. The molecule has 188 valence electrons. The summed E-state index contributed by atoms with van der Waals surface area (Å²) in [6.45, 7) is 7.05. The number of aromatic nitrogens is 1. The minimum atomic E-state index is -0.0736. The highest BCUT2D eigenvalue weighted by Crippen LogP contribution is 2.28. The number of hydrogen-bond donors (Lipinski definition) is 0. The van der Waals surface area contributed by atoms with Gasteiger partial charge in [-0.2, -0.15) is 0 Å². The fourth-order valence-electron chi connectivity index (χ4n) is 5.19. The predicted molar refractivity (Wildman–Crippen MR) is 147 cm³/mol. The summed E-state index contributed by atoms with van der Waals surface area (Å²) in [5.74, 6) is 0.571. The number of benzene rings is 2. The molecule has 1 aliphatic carbocycles. The molecule has 0 N–H and O–H groups in total. The third-order valence-electron chi connectivity index (χ3n) is 7.48. The van der Waals surface area contributed by atoms with Crippen LogP contribution in [0, 0.1) is 0 Å². The lowest BCUT2D eigenvalue weighted by molar-refractivity contribution is 0.238. The highest BCUT2D eigenvalue weighted by Gasteiger charge is 2.25. The number of likely N-dealkylation sites (tertiary alicyclic amines) is 1. The molecule has 1 aromatic heterocycles. The van der Waals surface area contributed by atoms with Gasteiger partial charge < -0.3 is 9.64 Å². The van der Waals surface area contributed by atoms with Gasteiger partial charge in [0.15, 0.2) is 0 Å². The summed E-state index contributed by atoms with van der Waals surface area (Å²) in [6.07, 6.45) is 7.01. The van der Waals surface area contributed by atoms with Crippen LogP contribution in [0.15, 0.2) is 65.6 Å². The molecule has 1 fully saturated rings. The first-order chi connectivity index (χ1) is 17.5. The molecule has 1 aliphatic heterocycles. The first-order valence-electron chi connectivity index (χ1n) is 12.8. The van der Waals surface area contributed by atoms with Crippen LogP contribution in [0.2, 0.25) is 5.02 Å². The van der Waals surface area contributed by atoms with E-state index in [1.165, 1.54) is 29.7 Å². The molecule has 1 saturated heterocycles. The number of fused-ring (bicyclic) bond motifs is 1. The standard InChI is InChI=1S/C30H34ClN3O2/c1-3-32(2)28-12-14-33(20-28)19-23-4-7-25-17-27(11-8-24(25)16-23)34-15-13-29(18-30(34)35)36-21-22-5-9-26(31)10-6-22/h4-7,9-10,13,15-18,28H,3,8,11-12,14,19-21H2,1-2H3/t28-/m1/s1. The van der Waals surface area contributed by atoms with Crippen LogP contribution in [0.4, 0.5) is 0 Å². The maximum absolute atomic E-state index is 12.9. The van der Waals surface area contributed by atoms with E-state index in [4.69, 9.17) is 16.3 Å². The zero-order chi connectivity index (χ0) is 25.1. The maximum atomic E-state index is 12.9. The fourth-order valence-corrected chi connectivity index (χ4v) is 5.31. The van der Waals surface area contributed by atoms with Gasteiger partial charge in [0, 0.05) is 48.7 Å². The second kappa shape index (κ2) is 11.0. The molecule has 5 rings (SSSR count). The number of likely N-dealkylation sites (N-methyl/N-ethyl adjacent to an activating group) is 1. The van der Waals surface area contributed by atoms with Crippen molar-refractivity contribution < 1.29 is 4.74 Å². The molecule has 2 aliphatic rings. The van der Waals surface area contributed by atoms with E-state index in [0.717, 1.165) is 43.7 Å². The Morgan fingerprint density at radius 3 is 2.64 bits per heavy atom. The Morgan fingerprint density at radius 2 is 1.86 bits per heavy atom. The van der Waals surface area contributed by atoms with E-state index in [9.17, 15) is 4.79 Å². The number of nitrogens with zero attached hydrogens (tertiary/aromatic N) is 3. The van der Waals surface area contributed by atoms with Gasteiger partial charge in [0.05, 0.1) is 0 Å². The molecule has 2 heterocycles. The zero-order valence-electron chi connectivity index (χ0n) is 21.1.